The monoisotopic (exact) mass is 408 g/mol. The fourth-order valence-corrected chi connectivity index (χ4v) is 5.16. The molecule has 0 aromatic heterocycles. The van der Waals surface area contributed by atoms with E-state index in [1.165, 1.54) is 25.7 Å². The molecule has 3 amide bonds. The van der Waals surface area contributed by atoms with E-state index >= 15 is 0 Å². The van der Waals surface area contributed by atoms with Crippen LogP contribution in [0.1, 0.15) is 51.4 Å². The molecule has 0 aromatic rings. The first-order valence-electron chi connectivity index (χ1n) is 11.5. The number of urea groups is 1. The molecule has 1 aliphatic carbocycles. The van der Waals surface area contributed by atoms with Crippen molar-refractivity contribution in [3.8, 4) is 0 Å². The summed E-state index contributed by atoms with van der Waals surface area (Å²) in [6.07, 6.45) is 8.79. The third-order valence-electron chi connectivity index (χ3n) is 7.00. The van der Waals surface area contributed by atoms with Crippen molar-refractivity contribution in [3.05, 3.63) is 0 Å². The van der Waals surface area contributed by atoms with E-state index in [0.717, 1.165) is 58.7 Å². The van der Waals surface area contributed by atoms with Crippen LogP contribution in [0.5, 0.6) is 0 Å². The molecule has 0 spiro atoms. The largest absolute Gasteiger partial charge is 0.381 e. The van der Waals surface area contributed by atoms with Crippen molar-refractivity contribution in [3.63, 3.8) is 0 Å². The van der Waals surface area contributed by atoms with Crippen LogP contribution < -0.4 is 0 Å². The predicted molar refractivity (Wildman–Crippen MR) is 114 cm³/mol. The third kappa shape index (κ3) is 6.07. The molecule has 2 aliphatic heterocycles. The number of rotatable bonds is 7. The van der Waals surface area contributed by atoms with Gasteiger partial charge >= 0.3 is 6.03 Å². The van der Waals surface area contributed by atoms with Crippen molar-refractivity contribution in [2.75, 3.05) is 60.5 Å². The number of likely N-dealkylation sites (tertiary alicyclic amines) is 1. The number of amides is 3. The first-order chi connectivity index (χ1) is 14.0. The van der Waals surface area contributed by atoms with Gasteiger partial charge in [-0.2, -0.15) is 0 Å². The van der Waals surface area contributed by atoms with Gasteiger partial charge in [-0.1, -0.05) is 12.8 Å². The van der Waals surface area contributed by atoms with E-state index in [1.54, 1.807) is 4.90 Å². The first-order valence-corrected chi connectivity index (χ1v) is 11.5. The third-order valence-corrected chi connectivity index (χ3v) is 7.00. The average molecular weight is 409 g/mol. The Balaban J connectivity index is 1.55. The van der Waals surface area contributed by atoms with E-state index in [0.29, 0.717) is 30.3 Å². The molecule has 2 heterocycles. The minimum Gasteiger partial charge on any atom is -0.381 e. The number of hydrogen-bond acceptors (Lipinski definition) is 4. The van der Waals surface area contributed by atoms with E-state index in [9.17, 15) is 9.59 Å². The number of carbonyl (C=O) groups is 2. The zero-order chi connectivity index (χ0) is 20.8. The standard InChI is InChI=1S/C22H40N4O3/c1-23(2)22(28)25-11-8-20(17-25)26(19-9-14-29-15-10-19)13-12-24(3)21(27)16-18-6-4-5-7-18/h18-20H,4-17H2,1-3H3. The van der Waals surface area contributed by atoms with Crippen LogP contribution in [0.3, 0.4) is 0 Å². The van der Waals surface area contributed by atoms with Crippen LogP contribution in [0.4, 0.5) is 4.79 Å². The van der Waals surface area contributed by atoms with Gasteiger partial charge in [0.2, 0.25) is 5.91 Å². The van der Waals surface area contributed by atoms with Gasteiger partial charge in [0.25, 0.3) is 0 Å². The van der Waals surface area contributed by atoms with Gasteiger partial charge in [-0.25, -0.2) is 4.79 Å². The second-order valence-electron chi connectivity index (χ2n) is 9.32. The lowest BCUT2D eigenvalue weighted by atomic mass is 10.0. The van der Waals surface area contributed by atoms with Gasteiger partial charge in [0, 0.05) is 79.0 Å². The normalized spacial score (nSPS) is 23.7. The summed E-state index contributed by atoms with van der Waals surface area (Å²) in [5, 5.41) is 0. The van der Waals surface area contributed by atoms with Crippen LogP contribution in [0.25, 0.3) is 0 Å². The highest BCUT2D eigenvalue weighted by atomic mass is 16.5. The fourth-order valence-electron chi connectivity index (χ4n) is 5.16. The quantitative estimate of drug-likeness (QED) is 0.648. The Morgan fingerprint density at radius 3 is 2.28 bits per heavy atom. The molecular weight excluding hydrogens is 368 g/mol. The van der Waals surface area contributed by atoms with Gasteiger partial charge in [0.1, 0.15) is 0 Å². The molecule has 1 unspecified atom stereocenters. The smallest absolute Gasteiger partial charge is 0.319 e. The Kier molecular flexibility index (Phi) is 8.18. The molecule has 7 nitrogen and oxygen atoms in total. The van der Waals surface area contributed by atoms with Crippen LogP contribution in [0.2, 0.25) is 0 Å². The van der Waals surface area contributed by atoms with E-state index in [2.05, 4.69) is 4.90 Å². The summed E-state index contributed by atoms with van der Waals surface area (Å²) in [5.41, 5.74) is 0. The van der Waals surface area contributed by atoms with Gasteiger partial charge < -0.3 is 19.4 Å². The zero-order valence-electron chi connectivity index (χ0n) is 18.6. The highest BCUT2D eigenvalue weighted by Gasteiger charge is 2.35. The number of hydrogen-bond donors (Lipinski definition) is 0. The molecule has 0 N–H and O–H groups in total. The molecule has 0 aromatic carbocycles. The molecule has 0 radical (unpaired) electrons. The van der Waals surface area contributed by atoms with Crippen molar-refractivity contribution < 1.29 is 14.3 Å². The first kappa shape index (κ1) is 22.3. The Labute approximate surface area is 176 Å². The molecule has 2 saturated heterocycles. The average Bonchev–Trinajstić information content (AvgIpc) is 3.40. The highest BCUT2D eigenvalue weighted by Crippen LogP contribution is 2.28. The van der Waals surface area contributed by atoms with Gasteiger partial charge in [-0.15, -0.1) is 0 Å². The minimum absolute atomic E-state index is 0.100. The lowest BCUT2D eigenvalue weighted by Gasteiger charge is -2.39. The SMILES string of the molecule is CN(C)C(=O)N1CCC(N(CCN(C)C(=O)CC2CCCC2)C2CCOCC2)C1. The molecule has 0 bridgehead atoms. The van der Waals surface area contributed by atoms with Crippen LogP contribution in [0, 0.1) is 5.92 Å². The lowest BCUT2D eigenvalue weighted by molar-refractivity contribution is -0.131. The maximum absolute atomic E-state index is 12.7. The highest BCUT2D eigenvalue weighted by molar-refractivity contribution is 5.76. The number of likely N-dealkylation sites (N-methyl/N-ethyl adjacent to an activating group) is 1. The van der Waals surface area contributed by atoms with E-state index in [4.69, 9.17) is 4.74 Å². The lowest BCUT2D eigenvalue weighted by Crippen LogP contribution is -2.50. The van der Waals surface area contributed by atoms with Crippen LogP contribution >= 0.6 is 0 Å². The van der Waals surface area contributed by atoms with Gasteiger partial charge in [-0.3, -0.25) is 9.69 Å². The number of nitrogens with zero attached hydrogens (tertiary/aromatic N) is 4. The summed E-state index contributed by atoms with van der Waals surface area (Å²) in [4.78, 5) is 33.2. The van der Waals surface area contributed by atoms with E-state index < -0.39 is 0 Å². The molecule has 29 heavy (non-hydrogen) atoms. The van der Waals surface area contributed by atoms with Crippen molar-refractivity contribution in [1.29, 1.82) is 0 Å². The summed E-state index contributed by atoms with van der Waals surface area (Å²) >= 11 is 0. The number of ether oxygens (including phenoxy) is 1. The molecule has 1 atom stereocenters. The Morgan fingerprint density at radius 2 is 1.62 bits per heavy atom. The maximum atomic E-state index is 12.7. The van der Waals surface area contributed by atoms with Gasteiger partial charge in [0.05, 0.1) is 0 Å². The Bertz CT molecular complexity index is 544. The summed E-state index contributed by atoms with van der Waals surface area (Å²) in [7, 11) is 5.59. The summed E-state index contributed by atoms with van der Waals surface area (Å²) in [5.74, 6) is 0.886. The van der Waals surface area contributed by atoms with Crippen molar-refractivity contribution in [2.24, 2.45) is 5.92 Å². The van der Waals surface area contributed by atoms with E-state index in [1.807, 2.05) is 30.9 Å². The maximum Gasteiger partial charge on any atom is 0.319 e. The molecular formula is C22H40N4O3. The van der Waals surface area contributed by atoms with E-state index in [-0.39, 0.29) is 6.03 Å². The molecule has 3 aliphatic rings. The Hall–Kier alpha value is -1.34. The van der Waals surface area contributed by atoms with Crippen LogP contribution in [-0.2, 0) is 9.53 Å². The summed E-state index contributed by atoms with van der Waals surface area (Å²) in [6.45, 7) is 4.87. The van der Waals surface area contributed by atoms with Crippen molar-refractivity contribution in [2.45, 2.75) is 63.5 Å². The van der Waals surface area contributed by atoms with Crippen molar-refractivity contribution in [1.82, 2.24) is 19.6 Å². The summed E-state index contributed by atoms with van der Waals surface area (Å²) in [6, 6.07) is 0.963. The second kappa shape index (κ2) is 10.6. The second-order valence-corrected chi connectivity index (χ2v) is 9.32. The molecule has 3 rings (SSSR count). The number of carbonyl (C=O) groups excluding carboxylic acids is 2. The van der Waals surface area contributed by atoms with Crippen LogP contribution in [-0.4, -0.2) is 104 Å². The zero-order valence-corrected chi connectivity index (χ0v) is 18.6. The summed E-state index contributed by atoms with van der Waals surface area (Å²) < 4.78 is 5.58. The van der Waals surface area contributed by atoms with Crippen molar-refractivity contribution >= 4 is 11.9 Å². The van der Waals surface area contributed by atoms with Gasteiger partial charge in [-0.05, 0) is 38.0 Å². The van der Waals surface area contributed by atoms with Gasteiger partial charge in [0.15, 0.2) is 0 Å². The molecule has 3 fully saturated rings. The predicted octanol–water partition coefficient (Wildman–Crippen LogP) is 2.26. The van der Waals surface area contributed by atoms with Crippen LogP contribution in [0.15, 0.2) is 0 Å². The minimum atomic E-state index is 0.100. The fraction of sp³-hybridized carbons (Fsp3) is 0.909. The Morgan fingerprint density at radius 1 is 0.931 bits per heavy atom. The molecule has 7 heteroatoms. The molecule has 166 valence electrons. The topological polar surface area (TPSA) is 56.3 Å². The molecule has 1 saturated carbocycles.